The molecule has 4 nitrogen and oxygen atoms in total. The molecular formula is C13H18F2N2O2. The minimum absolute atomic E-state index is 0.209. The first-order valence-corrected chi connectivity index (χ1v) is 6.12. The largest absolute Gasteiger partial charge is 0.393 e. The van der Waals surface area contributed by atoms with E-state index in [1.807, 2.05) is 0 Å². The number of hydrogen-bond donors (Lipinski definition) is 3. The maximum Gasteiger partial charge on any atom is 0.314 e. The zero-order valence-electron chi connectivity index (χ0n) is 10.7. The van der Waals surface area contributed by atoms with Crippen molar-refractivity contribution in [2.45, 2.75) is 25.9 Å². The van der Waals surface area contributed by atoms with Crippen LogP contribution in [0.4, 0.5) is 13.6 Å². The van der Waals surface area contributed by atoms with Crippen molar-refractivity contribution >= 4 is 6.03 Å². The first-order valence-electron chi connectivity index (χ1n) is 6.12. The first kappa shape index (κ1) is 15.4. The Morgan fingerprint density at radius 1 is 1.32 bits per heavy atom. The van der Waals surface area contributed by atoms with Crippen LogP contribution < -0.4 is 10.6 Å². The molecule has 106 valence electrons. The van der Waals surface area contributed by atoms with Crippen LogP contribution in [0.25, 0.3) is 0 Å². The summed E-state index contributed by atoms with van der Waals surface area (Å²) in [6.07, 6.45) is 0.209. The van der Waals surface area contributed by atoms with Crippen molar-refractivity contribution in [3.8, 4) is 0 Å². The lowest BCUT2D eigenvalue weighted by molar-refractivity contribution is 0.183. The molecule has 1 rings (SSSR count). The van der Waals surface area contributed by atoms with Crippen LogP contribution in [0.5, 0.6) is 0 Å². The van der Waals surface area contributed by atoms with Crippen LogP contribution in [0, 0.1) is 11.6 Å². The van der Waals surface area contributed by atoms with Crippen LogP contribution in [0.1, 0.15) is 18.9 Å². The number of carbonyl (C=O) groups excluding carboxylic acids is 1. The molecule has 0 radical (unpaired) electrons. The van der Waals surface area contributed by atoms with Gasteiger partial charge in [0.2, 0.25) is 0 Å². The topological polar surface area (TPSA) is 61.4 Å². The molecule has 19 heavy (non-hydrogen) atoms. The van der Waals surface area contributed by atoms with E-state index < -0.39 is 23.8 Å². The average molecular weight is 272 g/mol. The maximum atomic E-state index is 13.3. The molecule has 1 aromatic carbocycles. The second kappa shape index (κ2) is 7.68. The number of urea groups is 1. The molecule has 0 aromatic heterocycles. The molecule has 6 heteroatoms. The third-order valence-electron chi connectivity index (χ3n) is 2.54. The predicted octanol–water partition coefficient (Wildman–Crippen LogP) is 1.58. The van der Waals surface area contributed by atoms with Gasteiger partial charge in [-0.1, -0.05) is 0 Å². The Morgan fingerprint density at radius 3 is 2.68 bits per heavy atom. The molecule has 1 aromatic rings. The van der Waals surface area contributed by atoms with E-state index in [2.05, 4.69) is 10.6 Å². The van der Waals surface area contributed by atoms with Gasteiger partial charge >= 0.3 is 6.03 Å². The van der Waals surface area contributed by atoms with E-state index in [0.29, 0.717) is 13.0 Å². The lowest BCUT2D eigenvalue weighted by atomic mass is 10.1. The number of aliphatic hydroxyl groups is 1. The Morgan fingerprint density at radius 2 is 2.00 bits per heavy atom. The molecule has 0 saturated carbocycles. The monoisotopic (exact) mass is 272 g/mol. The lowest BCUT2D eigenvalue weighted by Gasteiger charge is -2.09. The van der Waals surface area contributed by atoms with Crippen LogP contribution in [0.3, 0.4) is 0 Å². The number of aliphatic hydroxyl groups excluding tert-OH is 1. The summed E-state index contributed by atoms with van der Waals surface area (Å²) >= 11 is 0. The molecule has 0 heterocycles. The summed E-state index contributed by atoms with van der Waals surface area (Å²) in [7, 11) is 0. The summed E-state index contributed by atoms with van der Waals surface area (Å²) in [5.41, 5.74) is 0.226. The second-order valence-corrected chi connectivity index (χ2v) is 4.31. The summed E-state index contributed by atoms with van der Waals surface area (Å²) in [6.45, 7) is 2.20. The molecule has 0 spiro atoms. The molecule has 0 aliphatic rings. The van der Waals surface area contributed by atoms with Crippen LogP contribution in [0.2, 0.25) is 0 Å². The van der Waals surface area contributed by atoms with Gasteiger partial charge in [-0.15, -0.1) is 0 Å². The van der Waals surface area contributed by atoms with Gasteiger partial charge < -0.3 is 15.7 Å². The average Bonchev–Trinajstić information content (AvgIpc) is 2.33. The molecule has 0 bridgehead atoms. The van der Waals surface area contributed by atoms with Crippen molar-refractivity contribution in [3.63, 3.8) is 0 Å². The van der Waals surface area contributed by atoms with Crippen LogP contribution >= 0.6 is 0 Å². The second-order valence-electron chi connectivity index (χ2n) is 4.31. The van der Waals surface area contributed by atoms with E-state index in [4.69, 9.17) is 5.11 Å². The summed E-state index contributed by atoms with van der Waals surface area (Å²) in [5, 5.41) is 14.1. The highest BCUT2D eigenvalue weighted by Crippen LogP contribution is 2.09. The summed E-state index contributed by atoms with van der Waals surface area (Å²) in [5.74, 6) is -0.990. The van der Waals surface area contributed by atoms with E-state index >= 15 is 0 Å². The van der Waals surface area contributed by atoms with Gasteiger partial charge in [0.05, 0.1) is 6.10 Å². The van der Waals surface area contributed by atoms with Crippen molar-refractivity contribution < 1.29 is 18.7 Å². The zero-order valence-corrected chi connectivity index (χ0v) is 10.7. The van der Waals surface area contributed by atoms with Gasteiger partial charge in [0, 0.05) is 13.1 Å². The van der Waals surface area contributed by atoms with E-state index in [-0.39, 0.29) is 18.5 Å². The molecule has 0 aliphatic carbocycles. The molecule has 3 N–H and O–H groups in total. The number of carbonyl (C=O) groups is 1. The Hall–Kier alpha value is -1.69. The fourth-order valence-electron chi connectivity index (χ4n) is 1.50. The quantitative estimate of drug-likeness (QED) is 0.736. The summed E-state index contributed by atoms with van der Waals surface area (Å²) in [4.78, 5) is 11.3. The van der Waals surface area contributed by atoms with Crippen molar-refractivity contribution in [2.75, 3.05) is 13.1 Å². The number of nitrogens with one attached hydrogen (secondary N) is 2. The Labute approximate surface area is 110 Å². The van der Waals surface area contributed by atoms with Crippen LogP contribution in [-0.4, -0.2) is 30.3 Å². The summed E-state index contributed by atoms with van der Waals surface area (Å²) in [6, 6.07) is 2.84. The minimum Gasteiger partial charge on any atom is -0.393 e. The fourth-order valence-corrected chi connectivity index (χ4v) is 1.50. The number of hydrogen-bond acceptors (Lipinski definition) is 2. The van der Waals surface area contributed by atoms with Crippen LogP contribution in [-0.2, 0) is 6.42 Å². The molecule has 1 atom stereocenters. The SMILES string of the molecule is CC(O)CCNC(=O)NCCc1cc(F)ccc1F. The Kier molecular flexibility index (Phi) is 6.21. The van der Waals surface area contributed by atoms with E-state index in [1.165, 1.54) is 0 Å². The van der Waals surface area contributed by atoms with Gasteiger partial charge in [0.15, 0.2) is 0 Å². The third kappa shape index (κ3) is 6.15. The minimum atomic E-state index is -0.502. The molecule has 0 saturated heterocycles. The highest BCUT2D eigenvalue weighted by Gasteiger charge is 2.05. The zero-order chi connectivity index (χ0) is 14.3. The number of amides is 2. The maximum absolute atomic E-state index is 13.3. The number of benzene rings is 1. The highest BCUT2D eigenvalue weighted by atomic mass is 19.1. The molecular weight excluding hydrogens is 254 g/mol. The summed E-state index contributed by atoms with van der Waals surface area (Å²) < 4.78 is 26.1. The number of halogens is 2. The Balaban J connectivity index is 2.26. The number of rotatable bonds is 6. The van der Waals surface area contributed by atoms with E-state index in [1.54, 1.807) is 6.92 Å². The predicted molar refractivity (Wildman–Crippen MR) is 67.8 cm³/mol. The molecule has 0 fully saturated rings. The molecule has 0 aliphatic heterocycles. The Bertz CT molecular complexity index is 425. The third-order valence-corrected chi connectivity index (χ3v) is 2.54. The highest BCUT2D eigenvalue weighted by molar-refractivity contribution is 5.73. The van der Waals surface area contributed by atoms with Gasteiger partial charge in [0.1, 0.15) is 11.6 Å². The smallest absolute Gasteiger partial charge is 0.314 e. The van der Waals surface area contributed by atoms with Gasteiger partial charge in [-0.3, -0.25) is 0 Å². The van der Waals surface area contributed by atoms with Crippen molar-refractivity contribution in [3.05, 3.63) is 35.4 Å². The van der Waals surface area contributed by atoms with Crippen molar-refractivity contribution in [1.82, 2.24) is 10.6 Å². The van der Waals surface area contributed by atoms with Gasteiger partial charge in [-0.25, -0.2) is 13.6 Å². The van der Waals surface area contributed by atoms with E-state index in [0.717, 1.165) is 18.2 Å². The van der Waals surface area contributed by atoms with Gasteiger partial charge in [-0.05, 0) is 43.5 Å². The molecule has 1 unspecified atom stereocenters. The van der Waals surface area contributed by atoms with Gasteiger partial charge in [0.25, 0.3) is 0 Å². The van der Waals surface area contributed by atoms with Crippen molar-refractivity contribution in [1.29, 1.82) is 0 Å². The standard InChI is InChI=1S/C13H18F2N2O2/c1-9(18)4-6-16-13(19)17-7-5-10-8-11(14)2-3-12(10)15/h2-3,8-9,18H,4-7H2,1H3,(H2,16,17,19). The lowest BCUT2D eigenvalue weighted by Crippen LogP contribution is -2.37. The van der Waals surface area contributed by atoms with E-state index in [9.17, 15) is 13.6 Å². The van der Waals surface area contributed by atoms with Crippen LogP contribution in [0.15, 0.2) is 18.2 Å². The molecule has 2 amide bonds. The first-order chi connectivity index (χ1) is 8.99. The normalized spacial score (nSPS) is 12.0. The van der Waals surface area contributed by atoms with Gasteiger partial charge in [-0.2, -0.15) is 0 Å². The fraction of sp³-hybridized carbons (Fsp3) is 0.462. The van der Waals surface area contributed by atoms with Crippen molar-refractivity contribution in [2.24, 2.45) is 0 Å².